The van der Waals surface area contributed by atoms with Gasteiger partial charge in [-0.1, -0.05) is 0 Å². The molecule has 38 heavy (non-hydrogen) atoms. The van der Waals surface area contributed by atoms with E-state index in [4.69, 9.17) is 4.98 Å². The topological polar surface area (TPSA) is 141 Å². The first-order valence-electron chi connectivity index (χ1n) is 12.5. The monoisotopic (exact) mass is 515 g/mol. The maximum absolute atomic E-state index is 10.6. The lowest BCUT2D eigenvalue weighted by molar-refractivity contribution is -0.114. The number of aromatic amines is 1. The van der Waals surface area contributed by atoms with Crippen LogP contribution in [0.1, 0.15) is 51.1 Å². The van der Waals surface area contributed by atoms with Gasteiger partial charge in [-0.2, -0.15) is 10.1 Å². The molecular weight excluding hydrogens is 482 g/mol. The Morgan fingerprint density at radius 2 is 1.89 bits per heavy atom. The van der Waals surface area contributed by atoms with Crippen LogP contribution in [0.4, 0.5) is 29.2 Å². The van der Waals surface area contributed by atoms with Crippen molar-refractivity contribution in [1.29, 1.82) is 0 Å². The largest absolute Gasteiger partial charge is 0.372 e. The van der Waals surface area contributed by atoms with Crippen molar-refractivity contribution in [1.82, 2.24) is 34.8 Å². The summed E-state index contributed by atoms with van der Waals surface area (Å²) in [7, 11) is 1.75. The zero-order valence-electron chi connectivity index (χ0n) is 21.8. The van der Waals surface area contributed by atoms with Crippen molar-refractivity contribution in [2.75, 3.05) is 34.4 Å². The summed E-state index contributed by atoms with van der Waals surface area (Å²) < 4.78 is 1.89. The number of hydrogen-bond donors (Lipinski definition) is 4. The standard InChI is InChI=1S/C17H21N7.C7H10N4O.C2H2/c1-11-4-2-8-23(11)17-19-16(14-5-3-9-24(14)22-17)18-15-10-13(20-21-15)12-6-7-12;1-5(12)11-7-4-9-6(8-2)3-10-7;1-2/h3,5,9-12H,2,4,6-8H2,1H3,(H2,18,19,20,21,22);3-4H,1-2H3,(H,8,9)(H,10,11,12);1-2H/t11-;;/m0../s1. The highest BCUT2D eigenvalue weighted by atomic mass is 16.1. The molecule has 4 aromatic heterocycles. The van der Waals surface area contributed by atoms with Crippen molar-refractivity contribution < 1.29 is 4.79 Å². The van der Waals surface area contributed by atoms with Crippen LogP contribution in [0.3, 0.4) is 0 Å². The number of anilines is 5. The van der Waals surface area contributed by atoms with Gasteiger partial charge in [-0.05, 0) is 44.7 Å². The van der Waals surface area contributed by atoms with Crippen LogP contribution in [-0.2, 0) is 4.79 Å². The van der Waals surface area contributed by atoms with Crippen molar-refractivity contribution in [2.45, 2.75) is 51.5 Å². The summed E-state index contributed by atoms with van der Waals surface area (Å²) in [5.74, 6) is 4.04. The van der Waals surface area contributed by atoms with Crippen molar-refractivity contribution in [2.24, 2.45) is 0 Å². The number of aromatic nitrogens is 7. The minimum atomic E-state index is -0.151. The summed E-state index contributed by atoms with van der Waals surface area (Å²) in [4.78, 5) is 25.5. The molecule has 6 rings (SSSR count). The summed E-state index contributed by atoms with van der Waals surface area (Å²) in [6.45, 7) is 4.67. The summed E-state index contributed by atoms with van der Waals surface area (Å²) >= 11 is 0. The van der Waals surface area contributed by atoms with Crippen LogP contribution >= 0.6 is 0 Å². The molecule has 1 amide bonds. The number of fused-ring (bicyclic) bond motifs is 1. The Balaban J connectivity index is 0.000000204. The lowest BCUT2D eigenvalue weighted by atomic mass is 10.2. The third-order valence-corrected chi connectivity index (χ3v) is 6.26. The normalized spacial score (nSPS) is 16.1. The third kappa shape index (κ3) is 6.36. The predicted octanol–water partition coefficient (Wildman–Crippen LogP) is 3.79. The van der Waals surface area contributed by atoms with E-state index in [1.165, 1.54) is 44.5 Å². The molecule has 1 saturated carbocycles. The molecule has 12 nitrogen and oxygen atoms in total. The molecule has 0 aromatic carbocycles. The molecule has 2 aliphatic rings. The van der Waals surface area contributed by atoms with E-state index in [1.807, 2.05) is 22.8 Å². The van der Waals surface area contributed by atoms with E-state index in [0.717, 1.165) is 29.6 Å². The lowest BCUT2D eigenvalue weighted by Gasteiger charge is -2.21. The quantitative estimate of drug-likeness (QED) is 0.282. The molecule has 198 valence electrons. The molecular formula is C26H33N11O. The zero-order chi connectivity index (χ0) is 27.1. The van der Waals surface area contributed by atoms with E-state index in [2.05, 4.69) is 72.0 Å². The summed E-state index contributed by atoms with van der Waals surface area (Å²) in [6.07, 6.45) is 17.9. The molecule has 0 spiro atoms. The second kappa shape index (κ2) is 12.1. The van der Waals surface area contributed by atoms with E-state index >= 15 is 0 Å². The number of carbonyl (C=O) groups is 1. The van der Waals surface area contributed by atoms with Crippen molar-refractivity contribution in [3.63, 3.8) is 0 Å². The number of nitrogens with one attached hydrogen (secondary N) is 4. The highest BCUT2D eigenvalue weighted by molar-refractivity contribution is 5.87. The third-order valence-electron chi connectivity index (χ3n) is 6.26. The molecule has 1 aliphatic carbocycles. The Kier molecular flexibility index (Phi) is 8.37. The van der Waals surface area contributed by atoms with Crippen LogP contribution in [0.15, 0.2) is 36.8 Å². The zero-order valence-corrected chi connectivity index (χ0v) is 21.8. The molecule has 1 atom stereocenters. The number of H-pyrrole nitrogens is 1. The lowest BCUT2D eigenvalue weighted by Crippen LogP contribution is -2.29. The first-order valence-corrected chi connectivity index (χ1v) is 12.5. The van der Waals surface area contributed by atoms with Gasteiger partial charge in [0.25, 0.3) is 0 Å². The second-order valence-corrected chi connectivity index (χ2v) is 9.11. The Morgan fingerprint density at radius 3 is 2.53 bits per heavy atom. The molecule has 2 fully saturated rings. The van der Waals surface area contributed by atoms with Gasteiger partial charge in [0.05, 0.1) is 12.4 Å². The number of hydrogen-bond acceptors (Lipinski definition) is 9. The minimum absolute atomic E-state index is 0.151. The number of nitrogens with zero attached hydrogens (tertiary/aromatic N) is 7. The highest BCUT2D eigenvalue weighted by Gasteiger charge is 2.26. The average molecular weight is 516 g/mol. The van der Waals surface area contributed by atoms with Crippen molar-refractivity contribution >= 4 is 40.6 Å². The molecule has 12 heteroatoms. The Morgan fingerprint density at radius 1 is 1.13 bits per heavy atom. The maximum atomic E-state index is 10.6. The first kappa shape index (κ1) is 26.4. The van der Waals surface area contributed by atoms with Crippen LogP contribution in [-0.4, -0.2) is 60.3 Å². The second-order valence-electron chi connectivity index (χ2n) is 9.11. The van der Waals surface area contributed by atoms with Gasteiger partial charge in [-0.3, -0.25) is 9.89 Å². The van der Waals surface area contributed by atoms with Gasteiger partial charge in [0.15, 0.2) is 17.5 Å². The molecule has 0 radical (unpaired) electrons. The maximum Gasteiger partial charge on any atom is 0.245 e. The first-order chi connectivity index (χ1) is 18.5. The van der Waals surface area contributed by atoms with Crippen LogP contribution in [0.2, 0.25) is 0 Å². The highest BCUT2D eigenvalue weighted by Crippen LogP contribution is 2.39. The smallest absolute Gasteiger partial charge is 0.245 e. The van der Waals surface area contributed by atoms with Crippen molar-refractivity contribution in [3.05, 3.63) is 42.5 Å². The Labute approximate surface area is 221 Å². The molecule has 0 bridgehead atoms. The summed E-state index contributed by atoms with van der Waals surface area (Å²) in [6, 6.07) is 6.59. The molecule has 0 unspecified atom stereocenters. The van der Waals surface area contributed by atoms with Crippen LogP contribution in [0, 0.1) is 12.8 Å². The molecule has 1 saturated heterocycles. The van der Waals surface area contributed by atoms with Gasteiger partial charge < -0.3 is 20.9 Å². The minimum Gasteiger partial charge on any atom is -0.372 e. The fraction of sp³-hybridized carbons (Fsp3) is 0.385. The van der Waals surface area contributed by atoms with Gasteiger partial charge in [-0.15, -0.1) is 17.9 Å². The Hall–Kier alpha value is -4.66. The van der Waals surface area contributed by atoms with E-state index in [0.29, 0.717) is 23.6 Å². The average Bonchev–Trinajstić information content (AvgIpc) is 3.27. The number of terminal acetylenes is 1. The number of rotatable bonds is 6. The van der Waals surface area contributed by atoms with Crippen molar-refractivity contribution in [3.8, 4) is 12.8 Å². The van der Waals surface area contributed by atoms with Crippen LogP contribution in [0.5, 0.6) is 0 Å². The molecule has 4 N–H and O–H groups in total. The Bertz CT molecular complexity index is 1370. The van der Waals surface area contributed by atoms with E-state index in [-0.39, 0.29) is 5.91 Å². The predicted molar refractivity (Wildman–Crippen MR) is 149 cm³/mol. The summed E-state index contributed by atoms with van der Waals surface area (Å²) in [5, 5.41) is 20.9. The van der Waals surface area contributed by atoms with Gasteiger partial charge in [-0.25, -0.2) is 14.5 Å². The fourth-order valence-corrected chi connectivity index (χ4v) is 4.19. The fourth-order valence-electron chi connectivity index (χ4n) is 4.19. The van der Waals surface area contributed by atoms with Gasteiger partial charge >= 0.3 is 0 Å². The SMILES string of the molecule is C#C.CNc1cnc(NC(C)=O)cn1.C[C@H]1CCCN1c1nc(Nc2cc(C3CC3)[nH]n2)c2cccn2n1. The van der Waals surface area contributed by atoms with Crippen LogP contribution < -0.4 is 20.9 Å². The van der Waals surface area contributed by atoms with E-state index < -0.39 is 0 Å². The van der Waals surface area contributed by atoms with Gasteiger partial charge in [0.1, 0.15) is 11.3 Å². The van der Waals surface area contributed by atoms with Gasteiger partial charge in [0.2, 0.25) is 11.9 Å². The molecule has 5 heterocycles. The molecule has 1 aliphatic heterocycles. The number of carbonyl (C=O) groups excluding carboxylic acids is 1. The van der Waals surface area contributed by atoms with Crippen LogP contribution in [0.25, 0.3) is 5.52 Å². The van der Waals surface area contributed by atoms with E-state index in [9.17, 15) is 4.79 Å². The van der Waals surface area contributed by atoms with Gasteiger partial charge in [0, 0.05) is 50.4 Å². The molecule has 4 aromatic rings. The number of amides is 1. The summed E-state index contributed by atoms with van der Waals surface area (Å²) in [5.41, 5.74) is 2.17. The van der Waals surface area contributed by atoms with E-state index in [1.54, 1.807) is 13.2 Å².